The minimum atomic E-state index is -1.12. The Hall–Kier alpha value is -1.74. The van der Waals surface area contributed by atoms with Crippen LogP contribution in [0.3, 0.4) is 0 Å². The first kappa shape index (κ1) is 22.1. The normalized spacial score (nSPS) is 18.9. The highest BCUT2D eigenvalue weighted by atomic mass is 35.5. The summed E-state index contributed by atoms with van der Waals surface area (Å²) >= 11 is 6.21. The van der Waals surface area contributed by atoms with Crippen molar-refractivity contribution in [1.82, 2.24) is 24.3 Å². The Morgan fingerprint density at radius 2 is 1.97 bits per heavy atom. The van der Waals surface area contributed by atoms with Crippen molar-refractivity contribution in [2.45, 2.75) is 76.1 Å². The number of rotatable bonds is 10. The fourth-order valence-electron chi connectivity index (χ4n) is 4.09. The minimum Gasteiger partial charge on any atom is -0.376 e. The van der Waals surface area contributed by atoms with E-state index in [9.17, 15) is 0 Å². The van der Waals surface area contributed by atoms with Gasteiger partial charge in [0.1, 0.15) is 18.4 Å². The summed E-state index contributed by atoms with van der Waals surface area (Å²) in [7, 11) is -1.12. The summed E-state index contributed by atoms with van der Waals surface area (Å²) in [6, 6.07) is 7.48. The monoisotopic (exact) mass is 473 g/mol. The summed E-state index contributed by atoms with van der Waals surface area (Å²) in [6.45, 7) is 10.0. The van der Waals surface area contributed by atoms with Gasteiger partial charge in [-0.1, -0.05) is 19.6 Å². The second kappa shape index (κ2) is 8.89. The van der Waals surface area contributed by atoms with Crippen LogP contribution in [0.4, 0.5) is 0 Å². The van der Waals surface area contributed by atoms with E-state index in [-0.39, 0.29) is 6.10 Å². The van der Waals surface area contributed by atoms with E-state index in [1.807, 2.05) is 0 Å². The van der Waals surface area contributed by atoms with Crippen LogP contribution in [-0.2, 0) is 28.6 Å². The number of imidazole rings is 1. The quantitative estimate of drug-likeness (QED) is 0.235. The largest absolute Gasteiger partial charge is 0.376 e. The molecule has 1 atom stereocenters. The van der Waals surface area contributed by atoms with Gasteiger partial charge in [0.25, 0.3) is 0 Å². The van der Waals surface area contributed by atoms with Crippen LogP contribution in [0, 0.1) is 0 Å². The van der Waals surface area contributed by atoms with Crippen LogP contribution < -0.4 is 0 Å². The Morgan fingerprint density at radius 3 is 2.62 bits per heavy atom. The number of ether oxygens (including phenoxy) is 2. The van der Waals surface area contributed by atoms with Crippen molar-refractivity contribution in [2.24, 2.45) is 0 Å². The van der Waals surface area contributed by atoms with Gasteiger partial charge >= 0.3 is 0 Å². The van der Waals surface area contributed by atoms with Crippen LogP contribution in [0.5, 0.6) is 0 Å². The smallest absolute Gasteiger partial charge is 0.165 e. The predicted molar refractivity (Wildman–Crippen MR) is 129 cm³/mol. The fourth-order valence-corrected chi connectivity index (χ4v) is 5.05. The van der Waals surface area contributed by atoms with Gasteiger partial charge in [-0.2, -0.15) is 0 Å². The molecule has 1 saturated carbocycles. The van der Waals surface area contributed by atoms with Gasteiger partial charge in [-0.3, -0.25) is 4.57 Å². The number of fused-ring (bicyclic) bond motifs is 1. The molecule has 0 spiro atoms. The molecule has 32 heavy (non-hydrogen) atoms. The van der Waals surface area contributed by atoms with E-state index in [4.69, 9.17) is 26.1 Å². The van der Waals surface area contributed by atoms with Gasteiger partial charge in [0, 0.05) is 32.8 Å². The van der Waals surface area contributed by atoms with Crippen molar-refractivity contribution >= 4 is 30.7 Å². The van der Waals surface area contributed by atoms with E-state index in [0.717, 1.165) is 66.3 Å². The molecule has 1 aliphatic carbocycles. The molecule has 3 heterocycles. The molecule has 5 rings (SSSR count). The van der Waals surface area contributed by atoms with Crippen molar-refractivity contribution in [1.29, 1.82) is 0 Å². The van der Waals surface area contributed by atoms with Gasteiger partial charge in [0.05, 0.1) is 29.6 Å². The molecule has 1 aromatic carbocycles. The number of nitrogens with zero attached hydrogens (tertiary/aromatic N) is 5. The van der Waals surface area contributed by atoms with Crippen LogP contribution in [0.2, 0.25) is 25.7 Å². The lowest BCUT2D eigenvalue weighted by atomic mass is 10.1. The number of alkyl halides is 1. The molecule has 1 saturated heterocycles. The molecule has 7 nitrogen and oxygen atoms in total. The molecule has 1 aliphatic heterocycles. The number of aromatic nitrogens is 5. The van der Waals surface area contributed by atoms with Crippen LogP contribution in [-0.4, -0.2) is 51.7 Å². The Morgan fingerprint density at radius 1 is 1.16 bits per heavy atom. The Balaban J connectivity index is 1.42. The maximum absolute atomic E-state index is 6.21. The molecule has 172 valence electrons. The average Bonchev–Trinajstić information content (AvgIpc) is 3.38. The molecule has 3 aromatic rings. The first-order valence-electron chi connectivity index (χ1n) is 11.6. The molecule has 0 bridgehead atoms. The molecule has 9 heteroatoms. The third-order valence-corrected chi connectivity index (χ3v) is 8.27. The number of hydrogen-bond donors (Lipinski definition) is 0. The lowest BCUT2D eigenvalue weighted by molar-refractivity contribution is -0.0589. The Bertz CT molecular complexity index is 1100. The van der Waals surface area contributed by atoms with Crippen molar-refractivity contribution in [3.63, 3.8) is 0 Å². The second-order valence-electron chi connectivity index (χ2n) is 10.2. The van der Waals surface area contributed by atoms with Crippen LogP contribution in [0.15, 0.2) is 18.2 Å². The minimum absolute atomic E-state index is 0.256. The van der Waals surface area contributed by atoms with E-state index in [1.54, 1.807) is 0 Å². The number of halogens is 1. The predicted octanol–water partition coefficient (Wildman–Crippen LogP) is 5.01. The number of hydrogen-bond acceptors (Lipinski definition) is 5. The van der Waals surface area contributed by atoms with Crippen LogP contribution in [0.25, 0.3) is 22.4 Å². The summed E-state index contributed by atoms with van der Waals surface area (Å²) in [5, 5.41) is 9.10. The first-order chi connectivity index (χ1) is 15.4. The maximum Gasteiger partial charge on any atom is 0.165 e. The zero-order valence-corrected chi connectivity index (χ0v) is 20.9. The molecule has 0 amide bonds. The van der Waals surface area contributed by atoms with Gasteiger partial charge in [-0.05, 0) is 43.5 Å². The van der Waals surface area contributed by atoms with E-state index in [1.165, 1.54) is 12.8 Å². The SMILES string of the molecule is C[Si](C)(C)CCOCn1c(-c2ccc3c(c2)nc(CCl)n3CC2CCO2)nnc1C1CC1. The average molecular weight is 474 g/mol. The van der Waals surface area contributed by atoms with Gasteiger partial charge in [0.2, 0.25) is 0 Å². The topological polar surface area (TPSA) is 67.0 Å². The first-order valence-corrected chi connectivity index (χ1v) is 15.8. The second-order valence-corrected chi connectivity index (χ2v) is 16.1. The zero-order chi connectivity index (χ0) is 22.3. The van der Waals surface area contributed by atoms with Crippen molar-refractivity contribution < 1.29 is 9.47 Å². The molecule has 1 unspecified atom stereocenters. The highest BCUT2D eigenvalue weighted by Gasteiger charge is 2.31. The highest BCUT2D eigenvalue weighted by Crippen LogP contribution is 2.40. The molecular weight excluding hydrogens is 442 g/mol. The van der Waals surface area contributed by atoms with Gasteiger partial charge in [0.15, 0.2) is 5.82 Å². The Labute approximate surface area is 195 Å². The molecule has 2 aromatic heterocycles. The molecule has 0 radical (unpaired) electrons. The molecular formula is C23H32ClN5O2Si. The third-order valence-electron chi connectivity index (χ3n) is 6.32. The zero-order valence-electron chi connectivity index (χ0n) is 19.2. The van der Waals surface area contributed by atoms with Crippen LogP contribution >= 0.6 is 11.6 Å². The fraction of sp³-hybridized carbons (Fsp3) is 0.609. The molecule has 2 fully saturated rings. The molecule has 2 aliphatic rings. The standard InChI is InChI=1S/C23H32ClN5O2Si/c1-32(2,3)11-10-30-15-29-22(16-4-5-16)26-27-23(29)17-6-7-20-19(12-17)25-21(13-24)28(20)14-18-8-9-31-18/h6-7,12,16,18H,4-5,8-11,13-15H2,1-3H3. The van der Waals surface area contributed by atoms with E-state index in [0.29, 0.717) is 18.5 Å². The van der Waals surface area contributed by atoms with E-state index >= 15 is 0 Å². The van der Waals surface area contributed by atoms with Gasteiger partial charge < -0.3 is 14.0 Å². The lowest BCUT2D eigenvalue weighted by Crippen LogP contribution is -2.31. The summed E-state index contributed by atoms with van der Waals surface area (Å²) in [5.74, 6) is 3.66. The van der Waals surface area contributed by atoms with E-state index in [2.05, 4.69) is 57.2 Å². The summed E-state index contributed by atoms with van der Waals surface area (Å²) in [5.41, 5.74) is 3.02. The van der Waals surface area contributed by atoms with Crippen LogP contribution in [0.1, 0.15) is 36.8 Å². The van der Waals surface area contributed by atoms with Gasteiger partial charge in [-0.15, -0.1) is 21.8 Å². The lowest BCUT2D eigenvalue weighted by Gasteiger charge is -2.27. The maximum atomic E-state index is 6.21. The Kier molecular flexibility index (Phi) is 6.13. The highest BCUT2D eigenvalue weighted by molar-refractivity contribution is 6.76. The van der Waals surface area contributed by atoms with Crippen molar-refractivity contribution in [3.05, 3.63) is 29.8 Å². The third kappa shape index (κ3) is 4.64. The number of benzene rings is 1. The van der Waals surface area contributed by atoms with E-state index < -0.39 is 8.07 Å². The summed E-state index contributed by atoms with van der Waals surface area (Å²) in [6.07, 6.45) is 3.70. The summed E-state index contributed by atoms with van der Waals surface area (Å²) < 4.78 is 16.1. The van der Waals surface area contributed by atoms with Crippen molar-refractivity contribution in [2.75, 3.05) is 13.2 Å². The van der Waals surface area contributed by atoms with Gasteiger partial charge in [-0.25, -0.2) is 4.98 Å². The summed E-state index contributed by atoms with van der Waals surface area (Å²) in [4.78, 5) is 4.81. The van der Waals surface area contributed by atoms with Crippen molar-refractivity contribution in [3.8, 4) is 11.4 Å². The molecule has 0 N–H and O–H groups in total.